The Bertz CT molecular complexity index is 995. The topological polar surface area (TPSA) is 80.9 Å². The molecule has 5 nitrogen and oxygen atoms in total. The Morgan fingerprint density at radius 2 is 1.89 bits per heavy atom. The second-order valence-corrected chi connectivity index (χ2v) is 6.73. The van der Waals surface area contributed by atoms with Gasteiger partial charge in [-0.05, 0) is 48.0 Å². The van der Waals surface area contributed by atoms with Crippen LogP contribution in [0.4, 0.5) is 24.7 Å². The number of rotatable bonds is 5. The molecule has 0 spiro atoms. The minimum absolute atomic E-state index is 0.0570. The molecular formula is C19H15F3N4OS. The molecule has 3 rings (SSSR count). The Morgan fingerprint density at radius 1 is 1.07 bits per heavy atom. The molecule has 1 aromatic carbocycles. The van der Waals surface area contributed by atoms with Gasteiger partial charge < -0.3 is 11.1 Å². The Hall–Kier alpha value is -3.07. The Morgan fingerprint density at radius 3 is 2.64 bits per heavy atom. The second kappa shape index (κ2) is 8.30. The Kier molecular flexibility index (Phi) is 5.84. The molecule has 0 aliphatic rings. The van der Waals surface area contributed by atoms with Crippen LogP contribution in [-0.2, 0) is 11.9 Å². The smallest absolute Gasteiger partial charge is 0.384 e. The molecule has 0 aliphatic carbocycles. The van der Waals surface area contributed by atoms with Crippen LogP contribution in [0.25, 0.3) is 0 Å². The van der Waals surface area contributed by atoms with E-state index in [4.69, 9.17) is 5.73 Å². The van der Waals surface area contributed by atoms with Crippen LogP contribution in [-0.4, -0.2) is 15.9 Å². The largest absolute Gasteiger partial charge is 0.416 e. The maximum absolute atomic E-state index is 12.8. The maximum Gasteiger partial charge on any atom is 0.416 e. The molecule has 0 fully saturated rings. The average molecular weight is 404 g/mol. The number of nitrogens with one attached hydrogen (secondary N) is 1. The summed E-state index contributed by atoms with van der Waals surface area (Å²) in [5, 5.41) is 2.96. The molecule has 0 atom stereocenters. The first kappa shape index (κ1) is 19.7. The normalized spacial score (nSPS) is 11.2. The number of thioether (sulfide) groups is 1. The van der Waals surface area contributed by atoms with Crippen molar-refractivity contribution in [3.63, 3.8) is 0 Å². The van der Waals surface area contributed by atoms with Crippen molar-refractivity contribution in [1.82, 2.24) is 9.97 Å². The van der Waals surface area contributed by atoms with E-state index in [1.165, 1.54) is 23.9 Å². The van der Waals surface area contributed by atoms with Crippen LogP contribution in [0.2, 0.25) is 0 Å². The standard InChI is InChI=1S/C19H15F3N4OS/c20-19(21,22)13-3-1-4-14(10-13)26-17(27)15-5-2-7-25-18(15)28-11-12-6-8-24-16(23)9-12/h1-10H,11H2,(H2,23,24)(H,26,27). The van der Waals surface area contributed by atoms with E-state index in [9.17, 15) is 18.0 Å². The highest BCUT2D eigenvalue weighted by Crippen LogP contribution is 2.31. The van der Waals surface area contributed by atoms with Crippen LogP contribution >= 0.6 is 11.8 Å². The lowest BCUT2D eigenvalue weighted by Gasteiger charge is -2.11. The first-order valence-corrected chi connectivity index (χ1v) is 9.08. The van der Waals surface area contributed by atoms with Gasteiger partial charge in [0.1, 0.15) is 10.8 Å². The highest BCUT2D eigenvalue weighted by Gasteiger charge is 2.30. The zero-order valence-corrected chi connectivity index (χ0v) is 15.2. The maximum atomic E-state index is 12.8. The van der Waals surface area contributed by atoms with E-state index < -0.39 is 17.6 Å². The Labute approximate surface area is 163 Å². The number of anilines is 2. The van der Waals surface area contributed by atoms with Gasteiger partial charge in [-0.25, -0.2) is 9.97 Å². The summed E-state index contributed by atoms with van der Waals surface area (Å²) >= 11 is 1.32. The van der Waals surface area contributed by atoms with Gasteiger partial charge in [-0.1, -0.05) is 6.07 Å². The van der Waals surface area contributed by atoms with Crippen molar-refractivity contribution in [3.8, 4) is 0 Å². The number of aromatic nitrogens is 2. The van der Waals surface area contributed by atoms with Crippen LogP contribution in [0, 0.1) is 0 Å². The number of nitrogen functional groups attached to an aromatic ring is 1. The zero-order chi connectivity index (χ0) is 20.1. The predicted molar refractivity (Wildman–Crippen MR) is 102 cm³/mol. The highest BCUT2D eigenvalue weighted by molar-refractivity contribution is 7.98. The molecule has 0 unspecified atom stereocenters. The SMILES string of the molecule is Nc1cc(CSc2ncccc2C(=O)Nc2cccc(C(F)(F)F)c2)ccn1. The summed E-state index contributed by atoms with van der Waals surface area (Å²) in [5.41, 5.74) is 6.06. The van der Waals surface area contributed by atoms with E-state index in [2.05, 4.69) is 15.3 Å². The van der Waals surface area contributed by atoms with Crippen molar-refractivity contribution >= 4 is 29.2 Å². The first-order chi connectivity index (χ1) is 13.3. The Balaban J connectivity index is 1.76. The number of pyridine rings is 2. The number of alkyl halides is 3. The lowest BCUT2D eigenvalue weighted by Crippen LogP contribution is -2.14. The van der Waals surface area contributed by atoms with Crippen LogP contribution in [0.1, 0.15) is 21.5 Å². The summed E-state index contributed by atoms with van der Waals surface area (Å²) < 4.78 is 38.5. The fraction of sp³-hybridized carbons (Fsp3) is 0.105. The van der Waals surface area contributed by atoms with Crippen molar-refractivity contribution in [2.75, 3.05) is 11.1 Å². The molecule has 28 heavy (non-hydrogen) atoms. The van der Waals surface area contributed by atoms with Gasteiger partial charge in [0.2, 0.25) is 0 Å². The molecule has 0 aliphatic heterocycles. The molecule has 2 aromatic heterocycles. The van der Waals surface area contributed by atoms with Gasteiger partial charge in [0.25, 0.3) is 5.91 Å². The number of benzene rings is 1. The van der Waals surface area contributed by atoms with E-state index in [0.29, 0.717) is 16.6 Å². The molecule has 0 saturated heterocycles. The van der Waals surface area contributed by atoms with Gasteiger partial charge in [0, 0.05) is 23.8 Å². The molecular weight excluding hydrogens is 389 g/mol. The van der Waals surface area contributed by atoms with Crippen LogP contribution in [0.15, 0.2) is 66.0 Å². The summed E-state index contributed by atoms with van der Waals surface area (Å²) in [6.07, 6.45) is -1.35. The van der Waals surface area contributed by atoms with Gasteiger partial charge in [0.05, 0.1) is 11.1 Å². The number of hydrogen-bond donors (Lipinski definition) is 2. The third-order valence-corrected chi connectivity index (χ3v) is 4.76. The van der Waals surface area contributed by atoms with Crippen LogP contribution in [0.3, 0.4) is 0 Å². The summed E-state index contributed by atoms with van der Waals surface area (Å²) in [6.45, 7) is 0. The average Bonchev–Trinajstić information content (AvgIpc) is 2.66. The number of amides is 1. The number of carbonyl (C=O) groups is 1. The van der Waals surface area contributed by atoms with E-state index in [1.807, 2.05) is 0 Å². The van der Waals surface area contributed by atoms with Crippen molar-refractivity contribution in [2.45, 2.75) is 17.0 Å². The van der Waals surface area contributed by atoms with Gasteiger partial charge in [0.15, 0.2) is 0 Å². The van der Waals surface area contributed by atoms with E-state index in [1.54, 1.807) is 36.7 Å². The minimum atomic E-state index is -4.48. The third-order valence-electron chi connectivity index (χ3n) is 3.68. The molecule has 1 amide bonds. The van der Waals surface area contributed by atoms with Gasteiger partial charge in [-0.3, -0.25) is 4.79 Å². The van der Waals surface area contributed by atoms with Crippen LogP contribution in [0.5, 0.6) is 0 Å². The molecule has 2 heterocycles. The summed E-state index contributed by atoms with van der Waals surface area (Å²) in [5.74, 6) is 0.360. The van der Waals surface area contributed by atoms with E-state index in [-0.39, 0.29) is 11.3 Å². The summed E-state index contributed by atoms with van der Waals surface area (Å²) in [6, 6.07) is 11.2. The molecule has 0 bridgehead atoms. The highest BCUT2D eigenvalue weighted by atomic mass is 32.2. The lowest BCUT2D eigenvalue weighted by atomic mass is 10.2. The van der Waals surface area contributed by atoms with Crippen LogP contribution < -0.4 is 11.1 Å². The van der Waals surface area contributed by atoms with Gasteiger partial charge in [-0.2, -0.15) is 13.2 Å². The number of nitrogens with zero attached hydrogens (tertiary/aromatic N) is 2. The predicted octanol–water partition coefficient (Wildman–Crippen LogP) is 4.62. The van der Waals surface area contributed by atoms with Gasteiger partial charge in [-0.15, -0.1) is 11.8 Å². The molecule has 3 N–H and O–H groups in total. The molecule has 0 radical (unpaired) electrons. The molecule has 0 saturated carbocycles. The zero-order valence-electron chi connectivity index (χ0n) is 14.4. The lowest BCUT2D eigenvalue weighted by molar-refractivity contribution is -0.137. The van der Waals surface area contributed by atoms with Crippen molar-refractivity contribution in [1.29, 1.82) is 0 Å². The molecule has 144 valence electrons. The van der Waals surface area contributed by atoms with E-state index >= 15 is 0 Å². The number of hydrogen-bond acceptors (Lipinski definition) is 5. The number of carbonyl (C=O) groups excluding carboxylic acids is 1. The monoisotopic (exact) mass is 404 g/mol. The van der Waals surface area contributed by atoms with E-state index in [0.717, 1.165) is 17.7 Å². The van der Waals surface area contributed by atoms with Crippen molar-refractivity contribution in [3.05, 3.63) is 77.6 Å². The number of halogens is 3. The molecule has 3 aromatic rings. The van der Waals surface area contributed by atoms with Crippen molar-refractivity contribution in [2.24, 2.45) is 0 Å². The second-order valence-electron chi connectivity index (χ2n) is 5.77. The quantitative estimate of drug-likeness (QED) is 0.607. The molecule has 9 heteroatoms. The number of nitrogens with two attached hydrogens (primary N) is 1. The fourth-order valence-electron chi connectivity index (χ4n) is 2.39. The first-order valence-electron chi connectivity index (χ1n) is 8.10. The fourth-order valence-corrected chi connectivity index (χ4v) is 3.32. The minimum Gasteiger partial charge on any atom is -0.384 e. The summed E-state index contributed by atoms with van der Waals surface area (Å²) in [4.78, 5) is 20.7. The summed E-state index contributed by atoms with van der Waals surface area (Å²) in [7, 11) is 0. The van der Waals surface area contributed by atoms with Gasteiger partial charge >= 0.3 is 6.18 Å². The third kappa shape index (κ3) is 5.01. The van der Waals surface area contributed by atoms with Crippen molar-refractivity contribution < 1.29 is 18.0 Å².